The molecule has 1 N–H and O–H groups in total. The van der Waals surface area contributed by atoms with Crippen LogP contribution < -0.4 is 5.32 Å². The largest absolute Gasteiger partial charge is 0.356 e. The van der Waals surface area contributed by atoms with Gasteiger partial charge in [-0.2, -0.15) is 0 Å². The Morgan fingerprint density at radius 1 is 1.30 bits per heavy atom. The molecule has 0 spiro atoms. The maximum atomic E-state index is 12.2. The molecule has 128 valence electrons. The molecule has 1 heterocycles. The summed E-state index contributed by atoms with van der Waals surface area (Å²) in [6, 6.07) is 10.2. The van der Waals surface area contributed by atoms with Crippen LogP contribution >= 0.6 is 0 Å². The average Bonchev–Trinajstić information content (AvgIpc) is 2.59. The van der Waals surface area contributed by atoms with Gasteiger partial charge >= 0.3 is 0 Å². The van der Waals surface area contributed by atoms with Gasteiger partial charge in [-0.05, 0) is 38.2 Å². The van der Waals surface area contributed by atoms with Crippen LogP contribution in [0.3, 0.4) is 0 Å². The second-order valence-corrected chi connectivity index (χ2v) is 8.24. The van der Waals surface area contributed by atoms with Crippen LogP contribution in [-0.4, -0.2) is 44.0 Å². The van der Waals surface area contributed by atoms with Crippen LogP contribution in [0.15, 0.2) is 30.3 Å². The quantitative estimate of drug-likeness (QED) is 0.771. The standard InChI is InChI=1S/C17H26N2O3S/c1-2-23(21,22)19-13-7-11-16(14-19)17(20)18-12-6-10-15-8-4-3-5-9-15/h3-5,8-9,16H,2,6-7,10-14H2,1H3,(H,18,20)/t16-/m0/s1. The summed E-state index contributed by atoms with van der Waals surface area (Å²) in [5.74, 6) is -0.144. The van der Waals surface area contributed by atoms with Gasteiger partial charge in [0.05, 0.1) is 11.7 Å². The van der Waals surface area contributed by atoms with Gasteiger partial charge < -0.3 is 5.32 Å². The van der Waals surface area contributed by atoms with Crippen molar-refractivity contribution >= 4 is 15.9 Å². The third-order valence-corrected chi connectivity index (χ3v) is 6.15. The van der Waals surface area contributed by atoms with Gasteiger partial charge in [-0.1, -0.05) is 30.3 Å². The molecule has 1 aromatic carbocycles. The number of rotatable bonds is 7. The first-order chi connectivity index (χ1) is 11.0. The molecule has 2 rings (SSSR count). The van der Waals surface area contributed by atoms with Crippen molar-refractivity contribution in [3.8, 4) is 0 Å². The number of benzene rings is 1. The van der Waals surface area contributed by atoms with Crippen molar-refractivity contribution < 1.29 is 13.2 Å². The van der Waals surface area contributed by atoms with Crippen LogP contribution in [0.5, 0.6) is 0 Å². The van der Waals surface area contributed by atoms with E-state index in [1.165, 1.54) is 9.87 Å². The molecule has 1 amide bonds. The van der Waals surface area contributed by atoms with Crippen molar-refractivity contribution in [2.45, 2.75) is 32.6 Å². The number of aryl methyl sites for hydroxylation is 1. The molecule has 1 saturated heterocycles. The minimum Gasteiger partial charge on any atom is -0.356 e. The maximum Gasteiger partial charge on any atom is 0.224 e. The molecule has 6 heteroatoms. The number of amides is 1. The Morgan fingerprint density at radius 3 is 2.74 bits per heavy atom. The molecule has 1 aliphatic rings. The van der Waals surface area contributed by atoms with Gasteiger partial charge in [-0.25, -0.2) is 12.7 Å². The first-order valence-electron chi connectivity index (χ1n) is 8.32. The van der Waals surface area contributed by atoms with Gasteiger partial charge in [-0.3, -0.25) is 4.79 Å². The number of hydrogen-bond donors (Lipinski definition) is 1. The molecule has 0 radical (unpaired) electrons. The van der Waals surface area contributed by atoms with Gasteiger partial charge in [0.25, 0.3) is 0 Å². The SMILES string of the molecule is CCS(=O)(=O)N1CCC[C@H](C(=O)NCCCc2ccccc2)C1. The lowest BCUT2D eigenvalue weighted by atomic mass is 9.99. The van der Waals surface area contributed by atoms with Gasteiger partial charge in [-0.15, -0.1) is 0 Å². The first kappa shape index (κ1) is 17.9. The van der Waals surface area contributed by atoms with Gasteiger partial charge in [0.15, 0.2) is 0 Å². The Hall–Kier alpha value is -1.40. The van der Waals surface area contributed by atoms with Crippen LogP contribution in [0.1, 0.15) is 31.7 Å². The Morgan fingerprint density at radius 2 is 2.04 bits per heavy atom. The van der Waals surface area contributed by atoms with Gasteiger partial charge in [0, 0.05) is 19.6 Å². The molecule has 0 aliphatic carbocycles. The summed E-state index contributed by atoms with van der Waals surface area (Å²) in [5.41, 5.74) is 1.26. The molecule has 1 aromatic rings. The molecule has 23 heavy (non-hydrogen) atoms. The van der Waals surface area contributed by atoms with Crippen molar-refractivity contribution in [3.05, 3.63) is 35.9 Å². The Labute approximate surface area is 139 Å². The average molecular weight is 338 g/mol. The molecule has 1 aliphatic heterocycles. The molecular formula is C17H26N2O3S. The van der Waals surface area contributed by atoms with E-state index in [2.05, 4.69) is 17.4 Å². The van der Waals surface area contributed by atoms with E-state index in [9.17, 15) is 13.2 Å². The predicted molar refractivity (Wildman–Crippen MR) is 91.5 cm³/mol. The van der Waals surface area contributed by atoms with E-state index in [4.69, 9.17) is 0 Å². The molecule has 1 atom stereocenters. The predicted octanol–water partition coefficient (Wildman–Crippen LogP) is 1.80. The zero-order valence-electron chi connectivity index (χ0n) is 13.7. The summed E-state index contributed by atoms with van der Waals surface area (Å²) >= 11 is 0. The number of nitrogens with zero attached hydrogens (tertiary/aromatic N) is 1. The van der Waals surface area contributed by atoms with Crippen molar-refractivity contribution in [1.82, 2.24) is 9.62 Å². The molecular weight excluding hydrogens is 312 g/mol. The topological polar surface area (TPSA) is 66.5 Å². The van der Waals surface area contributed by atoms with Crippen LogP contribution in [0.2, 0.25) is 0 Å². The van der Waals surface area contributed by atoms with E-state index in [0.29, 0.717) is 19.6 Å². The highest BCUT2D eigenvalue weighted by atomic mass is 32.2. The van der Waals surface area contributed by atoms with Crippen molar-refractivity contribution in [3.63, 3.8) is 0 Å². The molecule has 0 unspecified atom stereocenters. The number of hydrogen-bond acceptors (Lipinski definition) is 3. The fourth-order valence-corrected chi connectivity index (χ4v) is 4.06. The Balaban J connectivity index is 1.75. The minimum absolute atomic E-state index is 0.0194. The fourth-order valence-electron chi connectivity index (χ4n) is 2.88. The van der Waals surface area contributed by atoms with Crippen LogP contribution in [0.25, 0.3) is 0 Å². The number of piperidine rings is 1. The van der Waals surface area contributed by atoms with E-state index in [1.807, 2.05) is 18.2 Å². The summed E-state index contributed by atoms with van der Waals surface area (Å²) in [6.07, 6.45) is 3.34. The second kappa shape index (κ2) is 8.45. The number of sulfonamides is 1. The summed E-state index contributed by atoms with van der Waals surface area (Å²) < 4.78 is 25.3. The third kappa shape index (κ3) is 5.32. The molecule has 0 aromatic heterocycles. The van der Waals surface area contributed by atoms with Gasteiger partial charge in [0.1, 0.15) is 0 Å². The lowest BCUT2D eigenvalue weighted by molar-refractivity contribution is -0.126. The lowest BCUT2D eigenvalue weighted by Crippen LogP contribution is -2.46. The van der Waals surface area contributed by atoms with Crippen molar-refractivity contribution in [2.75, 3.05) is 25.4 Å². The summed E-state index contributed by atoms with van der Waals surface area (Å²) in [7, 11) is -3.20. The number of carbonyl (C=O) groups is 1. The normalized spacial score (nSPS) is 19.4. The first-order valence-corrected chi connectivity index (χ1v) is 9.93. The van der Waals surface area contributed by atoms with Crippen molar-refractivity contribution in [2.24, 2.45) is 5.92 Å². The van der Waals surface area contributed by atoms with E-state index in [1.54, 1.807) is 6.92 Å². The summed E-state index contributed by atoms with van der Waals surface area (Å²) in [6.45, 7) is 3.13. The molecule has 5 nitrogen and oxygen atoms in total. The van der Waals surface area contributed by atoms with E-state index < -0.39 is 10.0 Å². The Bertz CT molecular complexity index is 602. The summed E-state index contributed by atoms with van der Waals surface area (Å²) in [4.78, 5) is 12.2. The highest BCUT2D eigenvalue weighted by Gasteiger charge is 2.31. The second-order valence-electron chi connectivity index (χ2n) is 5.98. The lowest BCUT2D eigenvalue weighted by Gasteiger charge is -2.30. The number of carbonyl (C=O) groups excluding carboxylic acids is 1. The maximum absolute atomic E-state index is 12.2. The van der Waals surface area contributed by atoms with E-state index >= 15 is 0 Å². The molecule has 1 fully saturated rings. The smallest absolute Gasteiger partial charge is 0.224 e. The Kier molecular flexibility index (Phi) is 6.59. The number of nitrogens with one attached hydrogen (secondary N) is 1. The minimum atomic E-state index is -3.20. The van der Waals surface area contributed by atoms with E-state index in [-0.39, 0.29) is 17.6 Å². The fraction of sp³-hybridized carbons (Fsp3) is 0.588. The van der Waals surface area contributed by atoms with Crippen molar-refractivity contribution in [1.29, 1.82) is 0 Å². The third-order valence-electron chi connectivity index (χ3n) is 4.30. The van der Waals surface area contributed by atoms with Gasteiger partial charge in [0.2, 0.25) is 15.9 Å². The highest BCUT2D eigenvalue weighted by molar-refractivity contribution is 7.89. The zero-order valence-corrected chi connectivity index (χ0v) is 14.5. The molecule has 0 saturated carbocycles. The highest BCUT2D eigenvalue weighted by Crippen LogP contribution is 2.19. The monoisotopic (exact) mass is 338 g/mol. The van der Waals surface area contributed by atoms with E-state index in [0.717, 1.165) is 25.7 Å². The molecule has 0 bridgehead atoms. The summed E-state index contributed by atoms with van der Waals surface area (Å²) in [5, 5.41) is 2.95. The van der Waals surface area contributed by atoms with Crippen LogP contribution in [0.4, 0.5) is 0 Å². The zero-order chi connectivity index (χ0) is 16.7. The van der Waals surface area contributed by atoms with Crippen LogP contribution in [0, 0.1) is 5.92 Å². The van der Waals surface area contributed by atoms with Crippen LogP contribution in [-0.2, 0) is 21.2 Å².